The first kappa shape index (κ1) is 15.3. The summed E-state index contributed by atoms with van der Waals surface area (Å²) in [5.74, 6) is 0. The first-order valence-electron chi connectivity index (χ1n) is 6.46. The lowest BCUT2D eigenvalue weighted by Gasteiger charge is -2.19. The van der Waals surface area contributed by atoms with Crippen LogP contribution in [0.5, 0.6) is 0 Å². The topological polar surface area (TPSA) is 108 Å². The van der Waals surface area contributed by atoms with Gasteiger partial charge in [-0.05, 0) is 18.6 Å². The summed E-state index contributed by atoms with van der Waals surface area (Å²) in [5, 5.41) is 28.8. The van der Waals surface area contributed by atoms with Crippen molar-refractivity contribution in [3.05, 3.63) is 26.9 Å². The lowest BCUT2D eigenvalue weighted by atomic mass is 10.1. The Kier molecular flexibility index (Phi) is 4.71. The second-order valence-electron chi connectivity index (χ2n) is 4.80. The van der Waals surface area contributed by atoms with Crippen molar-refractivity contribution in [2.24, 2.45) is 0 Å². The molecule has 0 unspecified atom stereocenters. The van der Waals surface area contributed by atoms with Crippen molar-refractivity contribution < 1.29 is 20.1 Å². The van der Waals surface area contributed by atoms with Gasteiger partial charge in [0.05, 0.1) is 6.61 Å². The van der Waals surface area contributed by atoms with Crippen LogP contribution in [0.4, 0.5) is 0 Å². The molecule has 4 N–H and O–H groups in total. The molecule has 2 rings (SSSR count). The van der Waals surface area contributed by atoms with Crippen molar-refractivity contribution in [2.75, 3.05) is 6.61 Å². The van der Waals surface area contributed by atoms with Gasteiger partial charge in [0.2, 0.25) is 0 Å². The second kappa shape index (κ2) is 6.15. The Labute approximate surface area is 120 Å². The van der Waals surface area contributed by atoms with Gasteiger partial charge in [-0.1, -0.05) is 13.3 Å². The number of nitrogens with one attached hydrogen (secondary N) is 1. The summed E-state index contributed by atoms with van der Waals surface area (Å²) < 4.78 is 6.91. The highest BCUT2D eigenvalue weighted by Gasteiger charge is 2.43. The SMILES string of the molecule is CCCc1cn([C@@H]2O[C@H](CO)[C@@H](O)[C@H]2O)c(=S)[nH]c1=O. The standard InChI is InChI=1S/C12H18N2O5S/c1-2-3-6-4-14(12(20)13-10(6)18)11-9(17)8(16)7(5-15)19-11/h4,7-9,11,15-17H,2-3,5H2,1H3,(H,13,18,20)/t7-,8-,9-,11-/m1/s1. The molecule has 7 nitrogen and oxygen atoms in total. The van der Waals surface area contributed by atoms with E-state index >= 15 is 0 Å². The summed E-state index contributed by atoms with van der Waals surface area (Å²) in [6.45, 7) is 1.53. The van der Waals surface area contributed by atoms with Gasteiger partial charge in [-0.3, -0.25) is 14.3 Å². The maximum atomic E-state index is 11.7. The van der Waals surface area contributed by atoms with E-state index in [2.05, 4.69) is 4.98 Å². The monoisotopic (exact) mass is 302 g/mol. The van der Waals surface area contributed by atoms with E-state index < -0.39 is 31.1 Å². The number of aryl methyl sites for hydroxylation is 1. The smallest absolute Gasteiger partial charge is 0.254 e. The van der Waals surface area contributed by atoms with Gasteiger partial charge < -0.3 is 20.1 Å². The first-order valence-corrected chi connectivity index (χ1v) is 6.87. The normalized spacial score (nSPS) is 29.8. The lowest BCUT2D eigenvalue weighted by Crippen LogP contribution is -2.33. The Morgan fingerprint density at radius 2 is 2.15 bits per heavy atom. The van der Waals surface area contributed by atoms with Gasteiger partial charge in [-0.15, -0.1) is 0 Å². The van der Waals surface area contributed by atoms with Crippen molar-refractivity contribution >= 4 is 12.2 Å². The van der Waals surface area contributed by atoms with Crippen molar-refractivity contribution in [3.63, 3.8) is 0 Å². The van der Waals surface area contributed by atoms with Gasteiger partial charge in [0.15, 0.2) is 11.0 Å². The van der Waals surface area contributed by atoms with Crippen LogP contribution in [0.1, 0.15) is 25.1 Å². The van der Waals surface area contributed by atoms with Gasteiger partial charge >= 0.3 is 0 Å². The summed E-state index contributed by atoms with van der Waals surface area (Å²) in [6.07, 6.45) is -1.34. The van der Waals surface area contributed by atoms with E-state index in [0.717, 1.165) is 6.42 Å². The average molecular weight is 302 g/mol. The Morgan fingerprint density at radius 3 is 2.70 bits per heavy atom. The molecule has 4 atom stereocenters. The van der Waals surface area contributed by atoms with E-state index in [9.17, 15) is 15.0 Å². The van der Waals surface area contributed by atoms with Crippen molar-refractivity contribution in [3.8, 4) is 0 Å². The fourth-order valence-corrected chi connectivity index (χ4v) is 2.52. The van der Waals surface area contributed by atoms with Crippen LogP contribution in [0.25, 0.3) is 0 Å². The molecule has 0 radical (unpaired) electrons. The summed E-state index contributed by atoms with van der Waals surface area (Å²) in [6, 6.07) is 0. The molecule has 1 aliphatic rings. The average Bonchev–Trinajstić information content (AvgIpc) is 2.70. The zero-order valence-corrected chi connectivity index (χ0v) is 11.8. The Bertz CT molecular complexity index is 584. The molecular formula is C12H18N2O5S. The number of nitrogens with zero attached hydrogens (tertiary/aromatic N) is 1. The highest BCUT2D eigenvalue weighted by atomic mass is 32.1. The molecular weight excluding hydrogens is 284 g/mol. The van der Waals surface area contributed by atoms with E-state index in [4.69, 9.17) is 22.1 Å². The number of aliphatic hydroxyl groups is 3. The molecule has 0 spiro atoms. The van der Waals surface area contributed by atoms with E-state index in [0.29, 0.717) is 12.0 Å². The molecule has 1 fully saturated rings. The number of aromatic nitrogens is 2. The number of hydrogen-bond donors (Lipinski definition) is 4. The number of aliphatic hydroxyl groups excluding tert-OH is 3. The van der Waals surface area contributed by atoms with Crippen LogP contribution in [0.15, 0.2) is 11.0 Å². The first-order chi connectivity index (χ1) is 9.49. The molecule has 0 amide bonds. The summed E-state index contributed by atoms with van der Waals surface area (Å²) in [4.78, 5) is 14.3. The predicted octanol–water partition coefficient (Wildman–Crippen LogP) is -0.530. The molecule has 0 saturated carbocycles. The number of aromatic amines is 1. The minimum absolute atomic E-state index is 0.102. The van der Waals surface area contributed by atoms with Crippen LogP contribution in [0.3, 0.4) is 0 Å². The highest BCUT2D eigenvalue weighted by molar-refractivity contribution is 7.71. The quantitative estimate of drug-likeness (QED) is 0.557. The molecule has 112 valence electrons. The minimum Gasteiger partial charge on any atom is -0.394 e. The van der Waals surface area contributed by atoms with Gasteiger partial charge in [0.1, 0.15) is 18.3 Å². The highest BCUT2D eigenvalue weighted by Crippen LogP contribution is 2.29. The molecule has 2 heterocycles. The molecule has 1 aromatic heterocycles. The van der Waals surface area contributed by atoms with E-state index in [-0.39, 0.29) is 10.3 Å². The molecule has 20 heavy (non-hydrogen) atoms. The molecule has 8 heteroatoms. The van der Waals surface area contributed by atoms with Crippen LogP contribution >= 0.6 is 12.2 Å². The van der Waals surface area contributed by atoms with Crippen molar-refractivity contribution in [2.45, 2.75) is 44.3 Å². The van der Waals surface area contributed by atoms with Gasteiger partial charge in [-0.25, -0.2) is 0 Å². The largest absolute Gasteiger partial charge is 0.394 e. The van der Waals surface area contributed by atoms with Gasteiger partial charge in [0.25, 0.3) is 5.56 Å². The molecule has 1 aromatic rings. The van der Waals surface area contributed by atoms with Crippen molar-refractivity contribution in [1.82, 2.24) is 9.55 Å². The van der Waals surface area contributed by atoms with Gasteiger partial charge in [-0.2, -0.15) is 0 Å². The van der Waals surface area contributed by atoms with Crippen LogP contribution in [-0.2, 0) is 11.2 Å². The maximum absolute atomic E-state index is 11.7. The van der Waals surface area contributed by atoms with E-state index in [1.165, 1.54) is 10.8 Å². The Hall–Kier alpha value is -1.06. The predicted molar refractivity (Wildman–Crippen MR) is 72.9 cm³/mol. The zero-order chi connectivity index (χ0) is 14.9. The van der Waals surface area contributed by atoms with Crippen LogP contribution in [0, 0.1) is 4.77 Å². The fourth-order valence-electron chi connectivity index (χ4n) is 2.27. The summed E-state index contributed by atoms with van der Waals surface area (Å²) >= 11 is 5.06. The number of H-pyrrole nitrogens is 1. The summed E-state index contributed by atoms with van der Waals surface area (Å²) in [5.41, 5.74) is 0.263. The third-order valence-electron chi connectivity index (χ3n) is 3.35. The fraction of sp³-hybridized carbons (Fsp3) is 0.667. The van der Waals surface area contributed by atoms with E-state index in [1.807, 2.05) is 6.92 Å². The minimum atomic E-state index is -1.22. The molecule has 1 saturated heterocycles. The third kappa shape index (κ3) is 2.70. The zero-order valence-electron chi connectivity index (χ0n) is 11.0. The number of rotatable bonds is 4. The van der Waals surface area contributed by atoms with E-state index in [1.54, 1.807) is 0 Å². The second-order valence-corrected chi connectivity index (χ2v) is 5.19. The summed E-state index contributed by atoms with van der Waals surface area (Å²) in [7, 11) is 0. The molecule has 0 aromatic carbocycles. The van der Waals surface area contributed by atoms with Crippen LogP contribution in [0.2, 0.25) is 0 Å². The maximum Gasteiger partial charge on any atom is 0.254 e. The number of hydrogen-bond acceptors (Lipinski definition) is 6. The molecule has 0 aliphatic carbocycles. The van der Waals surface area contributed by atoms with Crippen molar-refractivity contribution in [1.29, 1.82) is 0 Å². The van der Waals surface area contributed by atoms with Gasteiger partial charge in [0, 0.05) is 11.8 Å². The third-order valence-corrected chi connectivity index (χ3v) is 3.67. The van der Waals surface area contributed by atoms with Crippen LogP contribution in [-0.4, -0.2) is 49.8 Å². The van der Waals surface area contributed by atoms with Crippen LogP contribution < -0.4 is 5.56 Å². The number of ether oxygens (including phenoxy) is 1. The molecule has 1 aliphatic heterocycles. The molecule has 0 bridgehead atoms. The Balaban J connectivity index is 2.40. The lowest BCUT2D eigenvalue weighted by molar-refractivity contribution is -0.0542. The Morgan fingerprint density at radius 1 is 1.45 bits per heavy atom.